The fraction of sp³-hybridized carbons (Fsp3) is 0.333. The van der Waals surface area contributed by atoms with E-state index in [1.54, 1.807) is 6.07 Å². The van der Waals surface area contributed by atoms with Crippen LogP contribution in [-0.4, -0.2) is 50.5 Å². The number of ketones is 1. The third-order valence-corrected chi connectivity index (χ3v) is 6.05. The van der Waals surface area contributed by atoms with Gasteiger partial charge >= 0.3 is 6.09 Å². The van der Waals surface area contributed by atoms with Gasteiger partial charge in [0.25, 0.3) is 0 Å². The molecule has 10 heteroatoms. The molecule has 8 nitrogen and oxygen atoms in total. The Morgan fingerprint density at radius 3 is 2.45 bits per heavy atom. The number of carbonyl (C=O) groups excluding carboxylic acids is 1. The van der Waals surface area contributed by atoms with Crippen molar-refractivity contribution in [2.75, 3.05) is 20.2 Å². The molecule has 0 aliphatic carbocycles. The number of Topliss-reactive ketones (excluding diaryl/α,β-unsaturated/α-hetero) is 1. The number of carbonyl (C=O) groups is 2. The predicted octanol–water partition coefficient (Wildman–Crippen LogP) is 3.57. The van der Waals surface area contributed by atoms with Crippen LogP contribution in [-0.2, 0) is 16.4 Å². The molecule has 168 valence electrons. The van der Waals surface area contributed by atoms with Gasteiger partial charge in [0, 0.05) is 30.1 Å². The molecule has 0 atom stereocenters. The topological polar surface area (TPSA) is 127 Å². The maximum Gasteiger partial charge on any atom is 0.407 e. The van der Waals surface area contributed by atoms with Gasteiger partial charge in [-0.15, -0.1) is 0 Å². The molecular formula is C21H25ClN2O6S. The molecule has 0 bridgehead atoms. The Hall–Kier alpha value is -2.62. The number of primary sulfonamides is 1. The maximum atomic E-state index is 12.4. The summed E-state index contributed by atoms with van der Waals surface area (Å²) < 4.78 is 28.4. The lowest BCUT2D eigenvalue weighted by Crippen LogP contribution is -2.32. The highest BCUT2D eigenvalue weighted by molar-refractivity contribution is 7.89. The van der Waals surface area contributed by atoms with Gasteiger partial charge in [0.2, 0.25) is 10.0 Å². The van der Waals surface area contributed by atoms with Gasteiger partial charge in [-0.25, -0.2) is 18.4 Å². The predicted molar refractivity (Wildman–Crippen MR) is 117 cm³/mol. The Bertz CT molecular complexity index is 1040. The molecule has 0 saturated carbocycles. The molecule has 0 heterocycles. The molecule has 0 saturated heterocycles. The van der Waals surface area contributed by atoms with Crippen molar-refractivity contribution in [3.63, 3.8) is 0 Å². The minimum Gasteiger partial charge on any atom is -0.495 e. The minimum atomic E-state index is -4.04. The van der Waals surface area contributed by atoms with Crippen LogP contribution >= 0.6 is 11.6 Å². The summed E-state index contributed by atoms with van der Waals surface area (Å²) in [7, 11) is -2.73. The number of ether oxygens (including phenoxy) is 1. The van der Waals surface area contributed by atoms with Gasteiger partial charge in [-0.1, -0.05) is 29.8 Å². The third-order valence-electron chi connectivity index (χ3n) is 4.75. The summed E-state index contributed by atoms with van der Waals surface area (Å²) in [6, 6.07) is 11.3. The molecule has 2 rings (SSSR count). The van der Waals surface area contributed by atoms with Crippen LogP contribution in [0.2, 0.25) is 5.02 Å². The summed E-state index contributed by atoms with van der Waals surface area (Å²) in [4.78, 5) is 25.0. The van der Waals surface area contributed by atoms with E-state index in [4.69, 9.17) is 21.5 Å². The standard InChI is InChI=1S/C21H25ClN2O6S/c1-30-19-10-9-16(14-20(19)31(23,28)29)18(25)8-4-5-12-24(21(26)27)13-11-15-6-2-3-7-17(15)22/h2-3,6-7,9-10,14H,4-5,8,11-13H2,1H3,(H,26,27)(H2,23,28,29). The van der Waals surface area contributed by atoms with Gasteiger partial charge in [0.15, 0.2) is 5.78 Å². The summed E-state index contributed by atoms with van der Waals surface area (Å²) >= 11 is 6.11. The Morgan fingerprint density at radius 1 is 1.13 bits per heavy atom. The van der Waals surface area contributed by atoms with Crippen LogP contribution in [0.5, 0.6) is 5.75 Å². The number of nitrogens with zero attached hydrogens (tertiary/aromatic N) is 1. The quantitative estimate of drug-likeness (QED) is 0.383. The number of benzene rings is 2. The Kier molecular flexibility index (Phi) is 8.85. The molecule has 0 aliphatic rings. The number of rotatable bonds is 11. The van der Waals surface area contributed by atoms with Crippen molar-refractivity contribution in [2.24, 2.45) is 5.14 Å². The Morgan fingerprint density at radius 2 is 1.84 bits per heavy atom. The second-order valence-corrected chi connectivity index (χ2v) is 8.84. The third kappa shape index (κ3) is 7.23. The molecule has 2 aromatic carbocycles. The van der Waals surface area contributed by atoms with Crippen molar-refractivity contribution in [1.82, 2.24) is 4.90 Å². The second kappa shape index (κ2) is 11.1. The number of halogens is 1. The van der Waals surface area contributed by atoms with Crippen LogP contribution in [0.4, 0.5) is 4.79 Å². The van der Waals surface area contributed by atoms with Crippen LogP contribution < -0.4 is 9.88 Å². The van der Waals surface area contributed by atoms with E-state index in [9.17, 15) is 23.1 Å². The molecule has 0 unspecified atom stereocenters. The molecule has 2 aromatic rings. The summed E-state index contributed by atoms with van der Waals surface area (Å²) in [5, 5.41) is 15.2. The lowest BCUT2D eigenvalue weighted by atomic mass is 10.1. The Labute approximate surface area is 186 Å². The van der Waals surface area contributed by atoms with Gasteiger partial charge in [0.05, 0.1) is 7.11 Å². The fourth-order valence-corrected chi connectivity index (χ4v) is 4.02. The Balaban J connectivity index is 1.89. The summed E-state index contributed by atoms with van der Waals surface area (Å²) in [6.45, 7) is 0.571. The molecule has 0 aliphatic heterocycles. The highest BCUT2D eigenvalue weighted by Gasteiger charge is 2.18. The van der Waals surface area contributed by atoms with Crippen molar-refractivity contribution in [1.29, 1.82) is 0 Å². The first-order chi connectivity index (χ1) is 14.6. The van der Waals surface area contributed by atoms with E-state index in [-0.39, 0.29) is 35.0 Å². The zero-order valence-corrected chi connectivity index (χ0v) is 18.7. The number of nitrogens with two attached hydrogens (primary N) is 1. The molecule has 3 N–H and O–H groups in total. The number of amides is 1. The molecule has 0 fully saturated rings. The van der Waals surface area contributed by atoms with Crippen molar-refractivity contribution in [3.05, 3.63) is 58.6 Å². The zero-order chi connectivity index (χ0) is 23.0. The molecule has 31 heavy (non-hydrogen) atoms. The molecule has 0 radical (unpaired) electrons. The number of hydrogen-bond acceptors (Lipinski definition) is 5. The van der Waals surface area contributed by atoms with Crippen molar-refractivity contribution >= 4 is 33.5 Å². The first-order valence-electron chi connectivity index (χ1n) is 9.58. The lowest BCUT2D eigenvalue weighted by Gasteiger charge is -2.19. The molecule has 0 aromatic heterocycles. The van der Waals surface area contributed by atoms with E-state index < -0.39 is 16.1 Å². The first kappa shape index (κ1) is 24.6. The molecule has 0 spiro atoms. The number of unbranched alkanes of at least 4 members (excludes halogenated alkanes) is 1. The SMILES string of the molecule is COc1ccc(C(=O)CCCCN(CCc2ccccc2Cl)C(=O)O)cc1S(N)(=O)=O. The van der Waals surface area contributed by atoms with Gasteiger partial charge in [-0.05, 0) is 49.1 Å². The highest BCUT2D eigenvalue weighted by Crippen LogP contribution is 2.24. The van der Waals surface area contributed by atoms with Crippen LogP contribution in [0, 0.1) is 0 Å². The van der Waals surface area contributed by atoms with Gasteiger partial charge in [-0.3, -0.25) is 4.79 Å². The van der Waals surface area contributed by atoms with E-state index in [0.717, 1.165) is 5.56 Å². The second-order valence-electron chi connectivity index (χ2n) is 6.90. The smallest absolute Gasteiger partial charge is 0.407 e. The highest BCUT2D eigenvalue weighted by atomic mass is 35.5. The van der Waals surface area contributed by atoms with E-state index in [0.29, 0.717) is 30.8 Å². The summed E-state index contributed by atoms with van der Waals surface area (Å²) in [5.41, 5.74) is 1.08. The average molecular weight is 469 g/mol. The fourth-order valence-electron chi connectivity index (χ4n) is 3.06. The first-order valence-corrected chi connectivity index (χ1v) is 11.5. The normalized spacial score (nSPS) is 11.2. The average Bonchev–Trinajstić information content (AvgIpc) is 2.72. The van der Waals surface area contributed by atoms with E-state index in [1.165, 1.54) is 30.2 Å². The lowest BCUT2D eigenvalue weighted by molar-refractivity contribution is 0.0978. The summed E-state index contributed by atoms with van der Waals surface area (Å²) in [6.07, 6.45) is 0.539. The molecule has 1 amide bonds. The molecular weight excluding hydrogens is 444 g/mol. The maximum absolute atomic E-state index is 12.4. The number of sulfonamides is 1. The van der Waals surface area contributed by atoms with Crippen LogP contribution in [0.25, 0.3) is 0 Å². The van der Waals surface area contributed by atoms with E-state index in [2.05, 4.69) is 0 Å². The van der Waals surface area contributed by atoms with Crippen molar-refractivity contribution in [2.45, 2.75) is 30.6 Å². The van der Waals surface area contributed by atoms with Crippen LogP contribution in [0.3, 0.4) is 0 Å². The van der Waals surface area contributed by atoms with E-state index >= 15 is 0 Å². The van der Waals surface area contributed by atoms with Gasteiger partial charge in [-0.2, -0.15) is 0 Å². The number of carboxylic acid groups (broad SMARTS) is 1. The van der Waals surface area contributed by atoms with Crippen molar-refractivity contribution < 1.29 is 27.9 Å². The largest absolute Gasteiger partial charge is 0.495 e. The monoisotopic (exact) mass is 468 g/mol. The van der Waals surface area contributed by atoms with E-state index in [1.807, 2.05) is 18.2 Å². The van der Waals surface area contributed by atoms with Crippen molar-refractivity contribution in [3.8, 4) is 5.75 Å². The summed E-state index contributed by atoms with van der Waals surface area (Å²) in [5.74, 6) is -0.194. The van der Waals surface area contributed by atoms with Gasteiger partial charge < -0.3 is 14.7 Å². The van der Waals surface area contributed by atoms with Gasteiger partial charge in [0.1, 0.15) is 10.6 Å². The number of hydrogen-bond donors (Lipinski definition) is 2. The minimum absolute atomic E-state index is 0.0645. The number of methoxy groups -OCH3 is 1. The zero-order valence-electron chi connectivity index (χ0n) is 17.1. The van der Waals surface area contributed by atoms with Crippen LogP contribution in [0.15, 0.2) is 47.4 Å². The van der Waals surface area contributed by atoms with Crippen LogP contribution in [0.1, 0.15) is 35.2 Å².